The molecule has 0 aromatic heterocycles. The lowest BCUT2D eigenvalue weighted by atomic mass is 10.1. The van der Waals surface area contributed by atoms with Gasteiger partial charge in [0.05, 0.1) is 12.6 Å². The fraction of sp³-hybridized carbons (Fsp3) is 0.290. The molecule has 0 aliphatic heterocycles. The third kappa shape index (κ3) is 10.1. The van der Waals surface area contributed by atoms with Crippen LogP contribution < -0.4 is 15.4 Å². The number of hydrogen-bond acceptors (Lipinski definition) is 7. The van der Waals surface area contributed by atoms with Gasteiger partial charge in [0.1, 0.15) is 13.2 Å². The van der Waals surface area contributed by atoms with Gasteiger partial charge in [0.2, 0.25) is 11.6 Å². The van der Waals surface area contributed by atoms with E-state index in [1.54, 1.807) is 24.3 Å². The van der Waals surface area contributed by atoms with Crippen molar-refractivity contribution in [2.75, 3.05) is 18.5 Å². The first kappa shape index (κ1) is 33.6. The molecule has 0 aliphatic carbocycles. The lowest BCUT2D eigenvalue weighted by Crippen LogP contribution is -2.43. The second kappa shape index (κ2) is 16.1. The second-order valence-corrected chi connectivity index (χ2v) is 9.96. The van der Waals surface area contributed by atoms with Crippen LogP contribution in [0.3, 0.4) is 0 Å². The van der Waals surface area contributed by atoms with Crippen LogP contribution in [0.1, 0.15) is 42.6 Å². The summed E-state index contributed by atoms with van der Waals surface area (Å²) in [4.78, 5) is 50.1. The van der Waals surface area contributed by atoms with Gasteiger partial charge in [0.25, 0.3) is 5.91 Å². The molecule has 13 heteroatoms. The Morgan fingerprint density at radius 2 is 1.48 bits per heavy atom. The molecule has 0 fully saturated rings. The highest BCUT2D eigenvalue weighted by atomic mass is 19.2. The molecule has 0 saturated carbocycles. The number of ether oxygens (including phenoxy) is 3. The summed E-state index contributed by atoms with van der Waals surface area (Å²) in [5.74, 6) is -10.9. The number of amides is 2. The van der Waals surface area contributed by atoms with Crippen LogP contribution in [0.15, 0.2) is 60.7 Å². The SMILES string of the molecule is CC(C)COC(=O)CC[C@H](NC(=O)c1ccc(NC(=O)OCc2ccccc2)cc1)C(=O)COc1c(F)c(F)cc(F)c1F. The minimum absolute atomic E-state index is 0.0143. The molecule has 3 aromatic rings. The summed E-state index contributed by atoms with van der Waals surface area (Å²) in [5.41, 5.74) is 1.15. The Morgan fingerprint density at radius 3 is 2.09 bits per heavy atom. The number of halogens is 4. The maximum atomic E-state index is 14.0. The van der Waals surface area contributed by atoms with Crippen molar-refractivity contribution in [2.24, 2.45) is 5.92 Å². The average molecular weight is 619 g/mol. The van der Waals surface area contributed by atoms with Gasteiger partial charge in [0, 0.05) is 23.7 Å². The van der Waals surface area contributed by atoms with Crippen molar-refractivity contribution in [1.29, 1.82) is 0 Å². The number of ketones is 1. The van der Waals surface area contributed by atoms with E-state index >= 15 is 0 Å². The van der Waals surface area contributed by atoms with Crippen molar-refractivity contribution in [3.63, 3.8) is 0 Å². The Kier molecular flexibility index (Phi) is 12.2. The van der Waals surface area contributed by atoms with Gasteiger partial charge in [-0.3, -0.25) is 19.7 Å². The number of carbonyl (C=O) groups excluding carboxylic acids is 4. The summed E-state index contributed by atoms with van der Waals surface area (Å²) in [7, 11) is 0. The van der Waals surface area contributed by atoms with Gasteiger partial charge in [-0.25, -0.2) is 13.6 Å². The van der Waals surface area contributed by atoms with E-state index in [4.69, 9.17) is 14.2 Å². The van der Waals surface area contributed by atoms with Gasteiger partial charge in [-0.1, -0.05) is 44.2 Å². The monoisotopic (exact) mass is 618 g/mol. The van der Waals surface area contributed by atoms with E-state index in [1.165, 1.54) is 24.3 Å². The molecule has 9 nitrogen and oxygen atoms in total. The smallest absolute Gasteiger partial charge is 0.411 e. The number of benzene rings is 3. The zero-order chi connectivity index (χ0) is 32.2. The fourth-order valence-electron chi connectivity index (χ4n) is 3.65. The minimum Gasteiger partial charge on any atom is -0.479 e. The van der Waals surface area contributed by atoms with Gasteiger partial charge >= 0.3 is 12.1 Å². The Hall–Kier alpha value is -4.94. The van der Waals surface area contributed by atoms with E-state index in [9.17, 15) is 36.7 Å². The van der Waals surface area contributed by atoms with E-state index in [2.05, 4.69) is 10.6 Å². The Labute approximate surface area is 250 Å². The van der Waals surface area contributed by atoms with E-state index in [0.717, 1.165) is 5.56 Å². The molecule has 3 rings (SSSR count). The van der Waals surface area contributed by atoms with E-state index in [-0.39, 0.29) is 43.6 Å². The van der Waals surface area contributed by atoms with Crippen LogP contribution in [0.5, 0.6) is 5.75 Å². The van der Waals surface area contributed by atoms with Crippen molar-refractivity contribution in [3.05, 3.63) is 95.1 Å². The molecule has 0 radical (unpaired) electrons. The molecule has 0 saturated heterocycles. The Morgan fingerprint density at radius 1 is 0.841 bits per heavy atom. The first-order valence-electron chi connectivity index (χ1n) is 13.5. The topological polar surface area (TPSA) is 120 Å². The average Bonchev–Trinajstić information content (AvgIpc) is 3.00. The second-order valence-electron chi connectivity index (χ2n) is 9.96. The van der Waals surface area contributed by atoms with Gasteiger partial charge in [-0.2, -0.15) is 8.78 Å². The third-order valence-corrected chi connectivity index (χ3v) is 5.95. The zero-order valence-corrected chi connectivity index (χ0v) is 23.8. The highest BCUT2D eigenvalue weighted by Gasteiger charge is 2.26. The van der Waals surface area contributed by atoms with Crippen molar-refractivity contribution in [3.8, 4) is 5.75 Å². The number of hydrogen-bond donors (Lipinski definition) is 2. The van der Waals surface area contributed by atoms with Crippen LogP contribution in [-0.2, 0) is 25.7 Å². The largest absolute Gasteiger partial charge is 0.479 e. The van der Waals surface area contributed by atoms with Crippen LogP contribution in [0.4, 0.5) is 28.0 Å². The summed E-state index contributed by atoms with van der Waals surface area (Å²) in [6.07, 6.45) is -1.32. The predicted molar refractivity (Wildman–Crippen MR) is 150 cm³/mol. The predicted octanol–water partition coefficient (Wildman–Crippen LogP) is 5.72. The maximum absolute atomic E-state index is 14.0. The van der Waals surface area contributed by atoms with Crippen LogP contribution >= 0.6 is 0 Å². The molecule has 234 valence electrons. The van der Waals surface area contributed by atoms with Gasteiger partial charge in [0.15, 0.2) is 23.2 Å². The van der Waals surface area contributed by atoms with Crippen molar-refractivity contribution in [2.45, 2.75) is 39.3 Å². The highest BCUT2D eigenvalue weighted by Crippen LogP contribution is 2.26. The third-order valence-electron chi connectivity index (χ3n) is 5.95. The molecule has 44 heavy (non-hydrogen) atoms. The molecule has 2 amide bonds. The number of esters is 1. The van der Waals surface area contributed by atoms with Crippen molar-refractivity contribution in [1.82, 2.24) is 5.32 Å². The van der Waals surface area contributed by atoms with Crippen molar-refractivity contribution < 1.29 is 51.0 Å². The summed E-state index contributed by atoms with van der Waals surface area (Å²) >= 11 is 0. The van der Waals surface area contributed by atoms with E-state index in [1.807, 2.05) is 19.9 Å². The lowest BCUT2D eigenvalue weighted by molar-refractivity contribution is -0.145. The number of rotatable bonds is 14. The van der Waals surface area contributed by atoms with E-state index in [0.29, 0.717) is 5.69 Å². The zero-order valence-electron chi connectivity index (χ0n) is 23.8. The van der Waals surface area contributed by atoms with Crippen LogP contribution in [0.25, 0.3) is 0 Å². The molecule has 1 atom stereocenters. The Balaban J connectivity index is 1.64. The molecule has 3 aromatic carbocycles. The van der Waals surface area contributed by atoms with Crippen molar-refractivity contribution >= 4 is 29.4 Å². The molecule has 0 heterocycles. The molecule has 2 N–H and O–H groups in total. The van der Waals surface area contributed by atoms with Crippen LogP contribution in [0.2, 0.25) is 0 Å². The summed E-state index contributed by atoms with van der Waals surface area (Å²) in [6, 6.07) is 13.1. The summed E-state index contributed by atoms with van der Waals surface area (Å²) in [5, 5.41) is 4.93. The maximum Gasteiger partial charge on any atom is 0.411 e. The number of carbonyl (C=O) groups is 4. The first-order chi connectivity index (χ1) is 20.9. The normalized spacial score (nSPS) is 11.4. The molecule has 0 unspecified atom stereocenters. The standard InChI is InChI=1S/C31H30F4N2O7/c1-18(2)15-42-26(39)13-12-24(25(38)17-43-29-27(34)22(32)14-23(33)28(29)35)37-30(40)20-8-10-21(11-9-20)36-31(41)44-16-19-6-4-3-5-7-19/h3-11,14,18,24H,12-13,15-17H2,1-2H3,(H,36,41)(H,37,40)/t24-/m0/s1. The molecule has 0 aliphatic rings. The van der Waals surface area contributed by atoms with Gasteiger partial charge in [-0.15, -0.1) is 0 Å². The number of Topliss-reactive ketones (excluding diaryl/α,β-unsaturated/α-hetero) is 1. The molecular formula is C31H30F4N2O7. The highest BCUT2D eigenvalue weighted by molar-refractivity contribution is 5.99. The minimum atomic E-state index is -1.84. The molecule has 0 spiro atoms. The number of nitrogens with one attached hydrogen (secondary N) is 2. The van der Waals surface area contributed by atoms with Crippen LogP contribution in [0, 0.1) is 29.2 Å². The number of anilines is 1. The Bertz CT molecular complexity index is 1440. The quantitative estimate of drug-likeness (QED) is 0.135. The lowest BCUT2D eigenvalue weighted by Gasteiger charge is -2.18. The van der Waals surface area contributed by atoms with Gasteiger partial charge < -0.3 is 19.5 Å². The molecular weight excluding hydrogens is 588 g/mol. The molecule has 0 bridgehead atoms. The van der Waals surface area contributed by atoms with Crippen LogP contribution in [-0.4, -0.2) is 43.0 Å². The van der Waals surface area contributed by atoms with Gasteiger partial charge in [-0.05, 0) is 42.2 Å². The summed E-state index contributed by atoms with van der Waals surface area (Å²) < 4.78 is 70.0. The fourth-order valence-corrected chi connectivity index (χ4v) is 3.65. The summed E-state index contributed by atoms with van der Waals surface area (Å²) in [6.45, 7) is 2.72. The van der Waals surface area contributed by atoms with E-state index < -0.39 is 65.4 Å². The first-order valence-corrected chi connectivity index (χ1v) is 13.5.